The van der Waals surface area contributed by atoms with E-state index in [0.29, 0.717) is 0 Å². The first-order valence-electron chi connectivity index (χ1n) is 8.50. The zero-order valence-corrected chi connectivity index (χ0v) is 12.6. The van der Waals surface area contributed by atoms with E-state index >= 15 is 0 Å². The fraction of sp³-hybridized carbons (Fsp3) is 1.00. The van der Waals surface area contributed by atoms with Crippen molar-refractivity contribution in [1.29, 1.82) is 0 Å². The molecule has 2 saturated carbocycles. The molecule has 2 unspecified atom stereocenters. The van der Waals surface area contributed by atoms with Crippen molar-refractivity contribution >= 4 is 0 Å². The molecule has 0 aromatic heterocycles. The second kappa shape index (κ2) is 6.55. The third-order valence-corrected chi connectivity index (χ3v) is 5.77. The molecule has 0 bridgehead atoms. The minimum atomic E-state index is 0.785. The zero-order valence-electron chi connectivity index (χ0n) is 12.6. The van der Waals surface area contributed by atoms with Gasteiger partial charge in [0.15, 0.2) is 0 Å². The van der Waals surface area contributed by atoms with Crippen LogP contribution < -0.4 is 5.32 Å². The van der Waals surface area contributed by atoms with E-state index in [2.05, 4.69) is 22.2 Å². The molecular weight excluding hydrogens is 234 g/mol. The SMILES string of the molecule is CNC1CCCC1CN1CCN(C2CCCC2)CC1. The molecule has 3 nitrogen and oxygen atoms in total. The van der Waals surface area contributed by atoms with Crippen molar-refractivity contribution in [2.75, 3.05) is 39.8 Å². The van der Waals surface area contributed by atoms with Crippen LogP contribution in [-0.2, 0) is 0 Å². The molecule has 19 heavy (non-hydrogen) atoms. The fourth-order valence-electron chi connectivity index (χ4n) is 4.55. The van der Waals surface area contributed by atoms with Crippen molar-refractivity contribution in [3.63, 3.8) is 0 Å². The molecular formula is C16H31N3. The van der Waals surface area contributed by atoms with E-state index in [1.807, 2.05) is 0 Å². The maximum Gasteiger partial charge on any atom is 0.0113 e. The number of piperazine rings is 1. The Kier molecular flexibility index (Phi) is 4.78. The molecule has 0 radical (unpaired) electrons. The lowest BCUT2D eigenvalue weighted by Crippen LogP contribution is -2.51. The minimum absolute atomic E-state index is 0.785. The minimum Gasteiger partial charge on any atom is -0.317 e. The highest BCUT2D eigenvalue weighted by molar-refractivity contribution is 4.87. The van der Waals surface area contributed by atoms with E-state index in [-0.39, 0.29) is 0 Å². The van der Waals surface area contributed by atoms with E-state index < -0.39 is 0 Å². The number of nitrogens with one attached hydrogen (secondary N) is 1. The lowest BCUT2D eigenvalue weighted by atomic mass is 10.0. The molecule has 3 fully saturated rings. The van der Waals surface area contributed by atoms with Gasteiger partial charge in [0.1, 0.15) is 0 Å². The standard InChI is InChI=1S/C16H31N3/c1-17-16-8-4-5-14(16)13-18-9-11-19(12-10-18)15-6-2-3-7-15/h14-17H,2-13H2,1H3. The second-order valence-electron chi connectivity index (χ2n) is 6.86. The summed E-state index contributed by atoms with van der Waals surface area (Å²) >= 11 is 0. The Morgan fingerprint density at radius 1 is 0.895 bits per heavy atom. The Balaban J connectivity index is 1.42. The fourth-order valence-corrected chi connectivity index (χ4v) is 4.55. The van der Waals surface area contributed by atoms with Crippen LogP contribution in [0.2, 0.25) is 0 Å². The van der Waals surface area contributed by atoms with Gasteiger partial charge in [0.05, 0.1) is 0 Å². The van der Waals surface area contributed by atoms with Gasteiger partial charge < -0.3 is 10.2 Å². The van der Waals surface area contributed by atoms with Crippen LogP contribution in [0.4, 0.5) is 0 Å². The molecule has 1 N–H and O–H groups in total. The van der Waals surface area contributed by atoms with Crippen molar-refractivity contribution in [3.8, 4) is 0 Å². The summed E-state index contributed by atoms with van der Waals surface area (Å²) in [6.07, 6.45) is 10.1. The van der Waals surface area contributed by atoms with Crippen LogP contribution in [0, 0.1) is 5.92 Å². The Bertz CT molecular complexity index is 267. The second-order valence-corrected chi connectivity index (χ2v) is 6.86. The molecule has 0 aromatic rings. The van der Waals surface area contributed by atoms with Gasteiger partial charge in [-0.05, 0) is 38.6 Å². The molecule has 3 heteroatoms. The molecule has 2 atom stereocenters. The Morgan fingerprint density at radius 3 is 2.32 bits per heavy atom. The van der Waals surface area contributed by atoms with Crippen LogP contribution in [0.3, 0.4) is 0 Å². The molecule has 1 heterocycles. The summed E-state index contributed by atoms with van der Waals surface area (Å²) in [6, 6.07) is 1.71. The van der Waals surface area contributed by atoms with Crippen molar-refractivity contribution < 1.29 is 0 Å². The van der Waals surface area contributed by atoms with Crippen LogP contribution in [0.5, 0.6) is 0 Å². The van der Waals surface area contributed by atoms with Crippen LogP contribution >= 0.6 is 0 Å². The first kappa shape index (κ1) is 13.8. The van der Waals surface area contributed by atoms with Crippen molar-refractivity contribution in [3.05, 3.63) is 0 Å². The number of nitrogens with zero attached hydrogens (tertiary/aromatic N) is 2. The third kappa shape index (κ3) is 3.32. The van der Waals surface area contributed by atoms with Crippen LogP contribution in [0.25, 0.3) is 0 Å². The van der Waals surface area contributed by atoms with Crippen LogP contribution in [-0.4, -0.2) is 61.7 Å². The molecule has 0 aromatic carbocycles. The summed E-state index contributed by atoms with van der Waals surface area (Å²) in [5, 5.41) is 3.52. The summed E-state index contributed by atoms with van der Waals surface area (Å²) in [7, 11) is 2.14. The number of hydrogen-bond acceptors (Lipinski definition) is 3. The van der Waals surface area contributed by atoms with Gasteiger partial charge >= 0.3 is 0 Å². The summed E-state index contributed by atoms with van der Waals surface area (Å²) in [5.41, 5.74) is 0. The zero-order chi connectivity index (χ0) is 13.1. The van der Waals surface area contributed by atoms with Gasteiger partial charge in [-0.15, -0.1) is 0 Å². The topological polar surface area (TPSA) is 18.5 Å². The van der Waals surface area contributed by atoms with Crippen LogP contribution in [0.15, 0.2) is 0 Å². The van der Waals surface area contributed by atoms with Gasteiger partial charge in [-0.3, -0.25) is 4.90 Å². The first-order chi connectivity index (χ1) is 9.36. The largest absolute Gasteiger partial charge is 0.317 e. The van der Waals surface area contributed by atoms with Crippen molar-refractivity contribution in [2.45, 2.75) is 57.0 Å². The number of rotatable bonds is 4. The maximum absolute atomic E-state index is 3.52. The van der Waals surface area contributed by atoms with Crippen LogP contribution in [0.1, 0.15) is 44.9 Å². The maximum atomic E-state index is 3.52. The Hall–Kier alpha value is -0.120. The molecule has 110 valence electrons. The highest BCUT2D eigenvalue weighted by Gasteiger charge is 2.30. The normalized spacial score (nSPS) is 35.2. The van der Waals surface area contributed by atoms with E-state index in [4.69, 9.17) is 0 Å². The van der Waals surface area contributed by atoms with Gasteiger partial charge in [0, 0.05) is 44.8 Å². The van der Waals surface area contributed by atoms with E-state index in [0.717, 1.165) is 18.0 Å². The molecule has 1 saturated heterocycles. The van der Waals surface area contributed by atoms with Gasteiger partial charge in [-0.25, -0.2) is 0 Å². The predicted molar refractivity (Wildman–Crippen MR) is 80.5 cm³/mol. The van der Waals surface area contributed by atoms with E-state index in [1.165, 1.54) is 77.7 Å². The van der Waals surface area contributed by atoms with Gasteiger partial charge in [-0.2, -0.15) is 0 Å². The third-order valence-electron chi connectivity index (χ3n) is 5.77. The summed E-state index contributed by atoms with van der Waals surface area (Å²) < 4.78 is 0. The molecule has 1 aliphatic heterocycles. The first-order valence-corrected chi connectivity index (χ1v) is 8.50. The molecule has 0 spiro atoms. The van der Waals surface area contributed by atoms with E-state index in [9.17, 15) is 0 Å². The van der Waals surface area contributed by atoms with Gasteiger partial charge in [0.25, 0.3) is 0 Å². The lowest BCUT2D eigenvalue weighted by molar-refractivity contribution is 0.0852. The van der Waals surface area contributed by atoms with Gasteiger partial charge in [-0.1, -0.05) is 19.3 Å². The summed E-state index contributed by atoms with van der Waals surface area (Å²) in [5.74, 6) is 0.906. The van der Waals surface area contributed by atoms with Gasteiger partial charge in [0.2, 0.25) is 0 Å². The predicted octanol–water partition coefficient (Wildman–Crippen LogP) is 1.93. The summed E-state index contributed by atoms with van der Waals surface area (Å²) in [6.45, 7) is 6.60. The molecule has 3 aliphatic rings. The quantitative estimate of drug-likeness (QED) is 0.838. The van der Waals surface area contributed by atoms with Crippen molar-refractivity contribution in [1.82, 2.24) is 15.1 Å². The van der Waals surface area contributed by atoms with E-state index in [1.54, 1.807) is 0 Å². The highest BCUT2D eigenvalue weighted by Crippen LogP contribution is 2.28. The molecule has 2 aliphatic carbocycles. The van der Waals surface area contributed by atoms with Crippen molar-refractivity contribution in [2.24, 2.45) is 5.92 Å². The Labute approximate surface area is 118 Å². The lowest BCUT2D eigenvalue weighted by Gasteiger charge is -2.39. The average molecular weight is 265 g/mol. The summed E-state index contributed by atoms with van der Waals surface area (Å²) in [4.78, 5) is 5.50. The average Bonchev–Trinajstić information content (AvgIpc) is 3.10. The molecule has 3 rings (SSSR count). The number of hydrogen-bond donors (Lipinski definition) is 1. The monoisotopic (exact) mass is 265 g/mol. The molecule has 0 amide bonds. The smallest absolute Gasteiger partial charge is 0.0113 e. The Morgan fingerprint density at radius 2 is 1.63 bits per heavy atom. The highest BCUT2D eigenvalue weighted by atomic mass is 15.3.